The number of hydrogen-bond donors (Lipinski definition) is 2. The number of rotatable bonds is 6. The predicted molar refractivity (Wildman–Crippen MR) is 59.4 cm³/mol. The Bertz CT molecular complexity index is 144. The number of nitrogens with one attached hydrogen (secondary N) is 1. The molecule has 0 aromatic carbocycles. The van der Waals surface area contributed by atoms with Gasteiger partial charge in [0.25, 0.3) is 0 Å². The lowest BCUT2D eigenvalue weighted by Gasteiger charge is -2.24. The van der Waals surface area contributed by atoms with Crippen LogP contribution in [0.4, 0.5) is 0 Å². The first-order valence-electron chi connectivity index (χ1n) is 5.86. The highest BCUT2D eigenvalue weighted by Crippen LogP contribution is 2.07. The van der Waals surface area contributed by atoms with Crippen molar-refractivity contribution >= 4 is 0 Å². The van der Waals surface area contributed by atoms with Gasteiger partial charge in [0.15, 0.2) is 0 Å². The van der Waals surface area contributed by atoms with E-state index < -0.39 is 0 Å². The molecule has 3 nitrogen and oxygen atoms in total. The molecule has 1 heterocycles. The third-order valence-electron chi connectivity index (χ3n) is 2.95. The summed E-state index contributed by atoms with van der Waals surface area (Å²) in [5.74, 6) is 0. The Morgan fingerprint density at radius 1 is 1.57 bits per heavy atom. The van der Waals surface area contributed by atoms with E-state index in [1.807, 2.05) is 6.92 Å². The van der Waals surface area contributed by atoms with Crippen molar-refractivity contribution in [1.82, 2.24) is 10.2 Å². The summed E-state index contributed by atoms with van der Waals surface area (Å²) in [6.07, 6.45) is 3.35. The number of aliphatic hydroxyl groups excluding tert-OH is 1. The zero-order valence-corrected chi connectivity index (χ0v) is 9.50. The predicted octanol–water partition coefficient (Wildman–Crippen LogP) is 0.831. The van der Waals surface area contributed by atoms with Gasteiger partial charge in [-0.1, -0.05) is 6.92 Å². The fourth-order valence-electron chi connectivity index (χ4n) is 1.97. The number of likely N-dealkylation sites (N-methyl/N-ethyl adjacent to an activating group) is 1. The quantitative estimate of drug-likeness (QED) is 0.667. The van der Waals surface area contributed by atoms with Gasteiger partial charge in [-0.2, -0.15) is 0 Å². The normalized spacial score (nSPS) is 24.4. The molecule has 2 N–H and O–H groups in total. The molecule has 1 aliphatic heterocycles. The molecule has 0 amide bonds. The molecule has 0 spiro atoms. The third-order valence-corrected chi connectivity index (χ3v) is 2.95. The summed E-state index contributed by atoms with van der Waals surface area (Å²) < 4.78 is 0. The van der Waals surface area contributed by atoms with E-state index in [0.717, 1.165) is 26.1 Å². The third kappa shape index (κ3) is 4.40. The van der Waals surface area contributed by atoms with Gasteiger partial charge in [-0.15, -0.1) is 0 Å². The monoisotopic (exact) mass is 200 g/mol. The Morgan fingerprint density at radius 2 is 2.36 bits per heavy atom. The fraction of sp³-hybridized carbons (Fsp3) is 1.00. The van der Waals surface area contributed by atoms with Crippen LogP contribution in [0.3, 0.4) is 0 Å². The number of hydrogen-bond acceptors (Lipinski definition) is 3. The first-order valence-corrected chi connectivity index (χ1v) is 5.86. The van der Waals surface area contributed by atoms with E-state index in [-0.39, 0.29) is 6.10 Å². The highest BCUT2D eigenvalue weighted by molar-refractivity contribution is 4.77. The van der Waals surface area contributed by atoms with Gasteiger partial charge in [-0.05, 0) is 39.3 Å². The maximum Gasteiger partial charge on any atom is 0.0524 e. The minimum Gasteiger partial charge on any atom is -0.393 e. The molecule has 14 heavy (non-hydrogen) atoms. The van der Waals surface area contributed by atoms with Crippen molar-refractivity contribution in [3.05, 3.63) is 0 Å². The zero-order valence-electron chi connectivity index (χ0n) is 9.50. The van der Waals surface area contributed by atoms with Crippen LogP contribution >= 0.6 is 0 Å². The van der Waals surface area contributed by atoms with Gasteiger partial charge in [-0.3, -0.25) is 0 Å². The number of aliphatic hydroxyl groups is 1. The van der Waals surface area contributed by atoms with Crippen LogP contribution in [0.15, 0.2) is 0 Å². The molecule has 1 fully saturated rings. The summed E-state index contributed by atoms with van der Waals surface area (Å²) in [5, 5.41) is 12.7. The highest BCUT2D eigenvalue weighted by Gasteiger charge is 2.16. The summed E-state index contributed by atoms with van der Waals surface area (Å²) in [4.78, 5) is 2.43. The van der Waals surface area contributed by atoms with Gasteiger partial charge in [0.2, 0.25) is 0 Å². The van der Waals surface area contributed by atoms with Gasteiger partial charge in [-0.25, -0.2) is 0 Å². The smallest absolute Gasteiger partial charge is 0.0524 e. The average molecular weight is 200 g/mol. The van der Waals surface area contributed by atoms with Crippen molar-refractivity contribution in [2.24, 2.45) is 0 Å². The fourth-order valence-corrected chi connectivity index (χ4v) is 1.97. The molecule has 2 unspecified atom stereocenters. The molecule has 0 bridgehead atoms. The summed E-state index contributed by atoms with van der Waals surface area (Å²) in [6.45, 7) is 8.48. The first kappa shape index (κ1) is 12.0. The molecule has 84 valence electrons. The van der Waals surface area contributed by atoms with Crippen molar-refractivity contribution in [3.8, 4) is 0 Å². The standard InChI is InChI=1S/C11H24N2O/c1-3-13(8-6-10(2)14)9-11-5-4-7-12-11/h10-12,14H,3-9H2,1-2H3. The lowest BCUT2D eigenvalue weighted by Crippen LogP contribution is -2.38. The molecular formula is C11H24N2O. The molecule has 0 aliphatic carbocycles. The van der Waals surface area contributed by atoms with Crippen LogP contribution in [0.25, 0.3) is 0 Å². The second-order valence-corrected chi connectivity index (χ2v) is 4.32. The number of nitrogens with zero attached hydrogens (tertiary/aromatic N) is 1. The Hall–Kier alpha value is -0.120. The zero-order chi connectivity index (χ0) is 10.4. The topological polar surface area (TPSA) is 35.5 Å². The van der Waals surface area contributed by atoms with Crippen LogP contribution in [0.1, 0.15) is 33.1 Å². The van der Waals surface area contributed by atoms with Crippen molar-refractivity contribution in [3.63, 3.8) is 0 Å². The van der Waals surface area contributed by atoms with Crippen molar-refractivity contribution < 1.29 is 5.11 Å². The van der Waals surface area contributed by atoms with E-state index in [1.54, 1.807) is 0 Å². The minimum absolute atomic E-state index is 0.166. The summed E-state index contributed by atoms with van der Waals surface area (Å²) >= 11 is 0. The molecule has 0 saturated carbocycles. The van der Waals surface area contributed by atoms with Gasteiger partial charge in [0.1, 0.15) is 0 Å². The van der Waals surface area contributed by atoms with E-state index in [9.17, 15) is 5.11 Å². The van der Waals surface area contributed by atoms with Crippen LogP contribution in [-0.4, -0.2) is 48.3 Å². The van der Waals surface area contributed by atoms with Crippen LogP contribution < -0.4 is 5.32 Å². The molecule has 1 saturated heterocycles. The van der Waals surface area contributed by atoms with Crippen LogP contribution in [0, 0.1) is 0 Å². The molecule has 0 radical (unpaired) electrons. The molecule has 0 aromatic rings. The second kappa shape index (κ2) is 6.38. The second-order valence-electron chi connectivity index (χ2n) is 4.32. The maximum atomic E-state index is 9.22. The van der Waals surface area contributed by atoms with Gasteiger partial charge in [0.05, 0.1) is 6.10 Å². The highest BCUT2D eigenvalue weighted by atomic mass is 16.3. The van der Waals surface area contributed by atoms with Crippen LogP contribution in [0.2, 0.25) is 0 Å². The Labute approximate surface area is 87.5 Å². The van der Waals surface area contributed by atoms with E-state index in [4.69, 9.17) is 0 Å². The van der Waals surface area contributed by atoms with Gasteiger partial charge in [0, 0.05) is 19.1 Å². The summed E-state index contributed by atoms with van der Waals surface area (Å²) in [6, 6.07) is 0.684. The lowest BCUT2D eigenvalue weighted by molar-refractivity contribution is 0.154. The first-order chi connectivity index (χ1) is 6.72. The lowest BCUT2D eigenvalue weighted by atomic mass is 10.2. The molecular weight excluding hydrogens is 176 g/mol. The van der Waals surface area contributed by atoms with Gasteiger partial charge < -0.3 is 15.3 Å². The van der Waals surface area contributed by atoms with E-state index in [2.05, 4.69) is 17.1 Å². The van der Waals surface area contributed by atoms with E-state index in [1.165, 1.54) is 19.4 Å². The molecule has 2 atom stereocenters. The summed E-state index contributed by atoms with van der Waals surface area (Å²) in [5.41, 5.74) is 0. The van der Waals surface area contributed by atoms with E-state index >= 15 is 0 Å². The minimum atomic E-state index is -0.166. The SMILES string of the molecule is CCN(CCC(C)O)CC1CCCN1. The Kier molecular flexibility index (Phi) is 5.45. The summed E-state index contributed by atoms with van der Waals surface area (Å²) in [7, 11) is 0. The molecule has 1 aliphatic rings. The van der Waals surface area contributed by atoms with E-state index in [0.29, 0.717) is 6.04 Å². The van der Waals surface area contributed by atoms with Crippen molar-refractivity contribution in [2.45, 2.75) is 45.3 Å². The molecule has 0 aromatic heterocycles. The molecule has 3 heteroatoms. The van der Waals surface area contributed by atoms with Crippen LogP contribution in [0.5, 0.6) is 0 Å². The average Bonchev–Trinajstić information content (AvgIpc) is 2.64. The molecule has 1 rings (SSSR count). The van der Waals surface area contributed by atoms with Gasteiger partial charge >= 0.3 is 0 Å². The largest absolute Gasteiger partial charge is 0.393 e. The van der Waals surface area contributed by atoms with Crippen LogP contribution in [-0.2, 0) is 0 Å². The maximum absolute atomic E-state index is 9.22. The van der Waals surface area contributed by atoms with Crippen molar-refractivity contribution in [1.29, 1.82) is 0 Å². The Morgan fingerprint density at radius 3 is 2.86 bits per heavy atom. The van der Waals surface area contributed by atoms with Crippen molar-refractivity contribution in [2.75, 3.05) is 26.2 Å². The Balaban J connectivity index is 2.16.